The molecule has 1 heterocycles. The van der Waals surface area contributed by atoms with Crippen LogP contribution in [0.3, 0.4) is 0 Å². The molecule has 34 heavy (non-hydrogen) atoms. The molecule has 0 aliphatic heterocycles. The molecular weight excluding hydrogens is 426 g/mol. The predicted octanol–water partition coefficient (Wildman–Crippen LogP) is 5.81. The number of carbonyl (C=O) groups excluding carboxylic acids is 1. The van der Waals surface area contributed by atoms with Crippen LogP contribution in [0.1, 0.15) is 41.4 Å². The second-order valence-corrected chi connectivity index (χ2v) is 8.36. The Kier molecular flexibility index (Phi) is 7.73. The van der Waals surface area contributed by atoms with Gasteiger partial charge in [0.25, 0.3) is 5.91 Å². The van der Waals surface area contributed by atoms with E-state index in [1.165, 1.54) is 6.26 Å². The molecule has 0 bridgehead atoms. The average Bonchev–Trinajstić information content (AvgIpc) is 3.32. The fourth-order valence-corrected chi connectivity index (χ4v) is 3.52. The molecule has 1 N–H and O–H groups in total. The highest BCUT2D eigenvalue weighted by molar-refractivity contribution is 5.91. The van der Waals surface area contributed by atoms with Gasteiger partial charge in [-0.05, 0) is 49.2 Å². The van der Waals surface area contributed by atoms with Crippen LogP contribution in [-0.2, 0) is 19.6 Å². The summed E-state index contributed by atoms with van der Waals surface area (Å²) in [6, 6.07) is 27.8. The van der Waals surface area contributed by atoms with Crippen LogP contribution >= 0.6 is 0 Å². The number of amides is 1. The molecule has 1 amide bonds. The SMILES string of the molecule is CC(C)N(Cc1cccc(Oc2ccccc2)c1)Cc1nc(C(=O)NCc2ccccc2)co1. The third-order valence-corrected chi connectivity index (χ3v) is 5.41. The van der Waals surface area contributed by atoms with Crippen molar-refractivity contribution in [3.05, 3.63) is 114 Å². The number of para-hydroxylation sites is 1. The third kappa shape index (κ3) is 6.56. The quantitative estimate of drug-likeness (QED) is 0.327. The zero-order chi connectivity index (χ0) is 23.8. The maximum atomic E-state index is 12.5. The number of ether oxygens (including phenoxy) is 1. The number of nitrogens with zero attached hydrogens (tertiary/aromatic N) is 2. The molecule has 1 aromatic heterocycles. The number of nitrogens with one attached hydrogen (secondary N) is 1. The van der Waals surface area contributed by atoms with E-state index >= 15 is 0 Å². The molecule has 3 aromatic carbocycles. The first kappa shape index (κ1) is 23.3. The minimum Gasteiger partial charge on any atom is -0.457 e. The van der Waals surface area contributed by atoms with Crippen molar-refractivity contribution in [2.75, 3.05) is 0 Å². The van der Waals surface area contributed by atoms with Crippen LogP contribution in [0.2, 0.25) is 0 Å². The summed E-state index contributed by atoms with van der Waals surface area (Å²) in [4.78, 5) is 19.1. The molecule has 4 aromatic rings. The molecule has 0 unspecified atom stereocenters. The van der Waals surface area contributed by atoms with E-state index in [1.54, 1.807) is 0 Å². The smallest absolute Gasteiger partial charge is 0.273 e. The fourth-order valence-electron chi connectivity index (χ4n) is 3.52. The van der Waals surface area contributed by atoms with Gasteiger partial charge < -0.3 is 14.5 Å². The van der Waals surface area contributed by atoms with Crippen molar-refractivity contribution in [3.63, 3.8) is 0 Å². The largest absolute Gasteiger partial charge is 0.457 e. The number of hydrogen-bond acceptors (Lipinski definition) is 5. The number of aromatic nitrogens is 1. The monoisotopic (exact) mass is 455 g/mol. The number of rotatable bonds is 10. The van der Waals surface area contributed by atoms with Crippen molar-refractivity contribution < 1.29 is 13.9 Å². The van der Waals surface area contributed by atoms with Gasteiger partial charge in [-0.1, -0.05) is 60.7 Å². The Morgan fingerprint density at radius 1 is 0.912 bits per heavy atom. The van der Waals surface area contributed by atoms with Crippen molar-refractivity contribution in [2.24, 2.45) is 0 Å². The minimum atomic E-state index is -0.249. The summed E-state index contributed by atoms with van der Waals surface area (Å²) in [5.41, 5.74) is 2.44. The predicted molar refractivity (Wildman–Crippen MR) is 131 cm³/mol. The van der Waals surface area contributed by atoms with E-state index in [4.69, 9.17) is 9.15 Å². The highest BCUT2D eigenvalue weighted by Crippen LogP contribution is 2.23. The summed E-state index contributed by atoms with van der Waals surface area (Å²) in [5.74, 6) is 1.86. The molecule has 0 saturated heterocycles. The summed E-state index contributed by atoms with van der Waals surface area (Å²) in [5, 5.41) is 2.88. The first-order chi connectivity index (χ1) is 16.6. The zero-order valence-corrected chi connectivity index (χ0v) is 19.5. The Morgan fingerprint density at radius 2 is 1.59 bits per heavy atom. The summed E-state index contributed by atoms with van der Waals surface area (Å²) in [6.07, 6.45) is 1.42. The Bertz CT molecular complexity index is 1190. The molecule has 0 atom stereocenters. The lowest BCUT2D eigenvalue weighted by molar-refractivity contribution is 0.0945. The molecule has 0 aliphatic rings. The summed E-state index contributed by atoms with van der Waals surface area (Å²) >= 11 is 0. The van der Waals surface area contributed by atoms with Crippen LogP contribution in [0, 0.1) is 0 Å². The third-order valence-electron chi connectivity index (χ3n) is 5.41. The molecular formula is C28H29N3O3. The number of oxazole rings is 1. The first-order valence-electron chi connectivity index (χ1n) is 11.4. The normalized spacial score (nSPS) is 11.1. The van der Waals surface area contributed by atoms with Crippen molar-refractivity contribution >= 4 is 5.91 Å². The van der Waals surface area contributed by atoms with Crippen molar-refractivity contribution in [1.82, 2.24) is 15.2 Å². The fraction of sp³-hybridized carbons (Fsp3) is 0.214. The Hall–Kier alpha value is -3.90. The lowest BCUT2D eigenvalue weighted by atomic mass is 10.1. The maximum absolute atomic E-state index is 12.5. The van der Waals surface area contributed by atoms with Crippen LogP contribution < -0.4 is 10.1 Å². The molecule has 0 spiro atoms. The summed E-state index contributed by atoms with van der Waals surface area (Å²) < 4.78 is 11.6. The van der Waals surface area contributed by atoms with Gasteiger partial charge >= 0.3 is 0 Å². The molecule has 0 aliphatic carbocycles. The Labute approximate surface area is 200 Å². The van der Waals surface area contributed by atoms with Crippen molar-refractivity contribution in [2.45, 2.75) is 39.5 Å². The van der Waals surface area contributed by atoms with Gasteiger partial charge in [-0.3, -0.25) is 9.69 Å². The van der Waals surface area contributed by atoms with Crippen LogP contribution in [0.15, 0.2) is 95.6 Å². The molecule has 0 radical (unpaired) electrons. The number of benzene rings is 3. The highest BCUT2D eigenvalue weighted by atomic mass is 16.5. The van der Waals surface area contributed by atoms with Crippen LogP contribution in [0.25, 0.3) is 0 Å². The van der Waals surface area contributed by atoms with Gasteiger partial charge in [-0.25, -0.2) is 4.98 Å². The van der Waals surface area contributed by atoms with Crippen LogP contribution in [0.5, 0.6) is 11.5 Å². The summed E-state index contributed by atoms with van der Waals surface area (Å²) in [7, 11) is 0. The lowest BCUT2D eigenvalue weighted by Gasteiger charge is -2.25. The van der Waals surface area contributed by atoms with Crippen molar-refractivity contribution in [3.8, 4) is 11.5 Å². The highest BCUT2D eigenvalue weighted by Gasteiger charge is 2.17. The molecule has 174 valence electrons. The molecule has 4 rings (SSSR count). The van der Waals surface area contributed by atoms with Gasteiger partial charge in [0.2, 0.25) is 5.89 Å². The van der Waals surface area contributed by atoms with E-state index in [1.807, 2.05) is 78.9 Å². The van der Waals surface area contributed by atoms with Gasteiger partial charge in [0.15, 0.2) is 5.69 Å². The second-order valence-electron chi connectivity index (χ2n) is 8.36. The molecule has 0 fully saturated rings. The maximum Gasteiger partial charge on any atom is 0.273 e. The van der Waals surface area contributed by atoms with Gasteiger partial charge in [0, 0.05) is 19.1 Å². The topological polar surface area (TPSA) is 67.6 Å². The van der Waals surface area contributed by atoms with Gasteiger partial charge in [-0.2, -0.15) is 0 Å². The van der Waals surface area contributed by atoms with Gasteiger partial charge in [-0.15, -0.1) is 0 Å². The number of hydrogen-bond donors (Lipinski definition) is 1. The van der Waals surface area contributed by atoms with Gasteiger partial charge in [0.05, 0.1) is 6.54 Å². The van der Waals surface area contributed by atoms with E-state index in [-0.39, 0.29) is 17.6 Å². The number of carbonyl (C=O) groups is 1. The van der Waals surface area contributed by atoms with Crippen LogP contribution in [0.4, 0.5) is 0 Å². The zero-order valence-electron chi connectivity index (χ0n) is 19.5. The van der Waals surface area contributed by atoms with E-state index in [0.29, 0.717) is 25.5 Å². The second kappa shape index (κ2) is 11.3. The van der Waals surface area contributed by atoms with E-state index in [2.05, 4.69) is 35.1 Å². The van der Waals surface area contributed by atoms with Gasteiger partial charge in [0.1, 0.15) is 17.8 Å². The van der Waals surface area contributed by atoms with E-state index < -0.39 is 0 Å². The Balaban J connectivity index is 1.37. The minimum absolute atomic E-state index is 0.249. The molecule has 6 heteroatoms. The standard InChI is InChI=1S/C28H29N3O3/c1-21(2)31(18-23-12-9-15-25(16-23)34-24-13-7-4-8-14-24)19-27-30-26(20-33-27)28(32)29-17-22-10-5-3-6-11-22/h3-16,20-21H,17-19H2,1-2H3,(H,29,32). The lowest BCUT2D eigenvalue weighted by Crippen LogP contribution is -2.30. The molecule has 0 saturated carbocycles. The van der Waals surface area contributed by atoms with Crippen LogP contribution in [-0.4, -0.2) is 21.8 Å². The van der Waals surface area contributed by atoms with E-state index in [9.17, 15) is 4.79 Å². The Morgan fingerprint density at radius 3 is 2.32 bits per heavy atom. The van der Waals surface area contributed by atoms with Crippen molar-refractivity contribution in [1.29, 1.82) is 0 Å². The summed E-state index contributed by atoms with van der Waals surface area (Å²) in [6.45, 7) is 5.89. The molecule has 6 nitrogen and oxygen atoms in total. The average molecular weight is 456 g/mol. The first-order valence-corrected chi connectivity index (χ1v) is 11.4. The van der Waals surface area contributed by atoms with E-state index in [0.717, 1.165) is 22.6 Å².